The molecule has 1 amide bonds. The third-order valence-corrected chi connectivity index (χ3v) is 4.88. The van der Waals surface area contributed by atoms with E-state index in [1.165, 1.54) is 0 Å². The Morgan fingerprint density at radius 3 is 2.72 bits per heavy atom. The van der Waals surface area contributed by atoms with E-state index < -0.39 is 0 Å². The predicted octanol–water partition coefficient (Wildman–Crippen LogP) is 2.35. The molecule has 1 saturated heterocycles. The van der Waals surface area contributed by atoms with Gasteiger partial charge in [-0.05, 0) is 45.4 Å². The van der Waals surface area contributed by atoms with Crippen molar-refractivity contribution < 1.29 is 4.79 Å². The topological polar surface area (TPSA) is 54.3 Å². The summed E-state index contributed by atoms with van der Waals surface area (Å²) < 4.78 is 1.80. The fraction of sp³-hybridized carbons (Fsp3) is 0.526. The number of carbonyl (C=O) groups is 1. The van der Waals surface area contributed by atoms with Gasteiger partial charge >= 0.3 is 0 Å². The average molecular weight is 341 g/mol. The molecule has 0 unspecified atom stereocenters. The first kappa shape index (κ1) is 17.6. The molecular formula is C19H27N5O. The minimum atomic E-state index is 0.109. The largest absolute Gasteiger partial charge is 0.343 e. The smallest absolute Gasteiger partial charge is 0.226 e. The summed E-state index contributed by atoms with van der Waals surface area (Å²) in [5.74, 6) is 0.403. The van der Waals surface area contributed by atoms with Gasteiger partial charge < -0.3 is 4.90 Å². The van der Waals surface area contributed by atoms with E-state index in [4.69, 9.17) is 0 Å². The van der Waals surface area contributed by atoms with Crippen LogP contribution in [0.3, 0.4) is 0 Å². The third kappa shape index (κ3) is 4.25. The maximum Gasteiger partial charge on any atom is 0.226 e. The highest BCUT2D eigenvalue weighted by molar-refractivity contribution is 5.79. The molecule has 1 fully saturated rings. The second-order valence-electron chi connectivity index (χ2n) is 6.57. The van der Waals surface area contributed by atoms with Crippen LogP contribution in [-0.2, 0) is 11.3 Å². The van der Waals surface area contributed by atoms with E-state index in [1.807, 2.05) is 55.3 Å². The summed E-state index contributed by atoms with van der Waals surface area (Å²) in [5.41, 5.74) is 1.95. The lowest BCUT2D eigenvalue weighted by molar-refractivity contribution is -0.137. The predicted molar refractivity (Wildman–Crippen MR) is 97.3 cm³/mol. The molecule has 1 aliphatic heterocycles. The van der Waals surface area contributed by atoms with Crippen LogP contribution in [0.25, 0.3) is 5.69 Å². The molecule has 0 bridgehead atoms. The summed E-state index contributed by atoms with van der Waals surface area (Å²) in [6.07, 6.45) is 4.03. The summed E-state index contributed by atoms with van der Waals surface area (Å²) in [6, 6.07) is 9.99. The molecule has 6 heteroatoms. The van der Waals surface area contributed by atoms with Crippen molar-refractivity contribution >= 4 is 5.91 Å². The zero-order chi connectivity index (χ0) is 17.6. The number of piperidine rings is 1. The van der Waals surface area contributed by atoms with Crippen molar-refractivity contribution in [3.05, 3.63) is 42.2 Å². The minimum absolute atomic E-state index is 0.109. The van der Waals surface area contributed by atoms with Gasteiger partial charge in [0.05, 0.1) is 23.5 Å². The fourth-order valence-corrected chi connectivity index (χ4v) is 3.50. The highest BCUT2D eigenvalue weighted by Gasteiger charge is 2.28. The number of rotatable bonds is 6. The van der Waals surface area contributed by atoms with E-state index in [0.29, 0.717) is 5.91 Å². The SMILES string of the molecule is CCN(CC)C(=O)[C@@H]1CCCN(Cc2cn(-c3ccccc3)nn2)C1. The molecule has 1 atom stereocenters. The van der Waals surface area contributed by atoms with Gasteiger partial charge in [-0.25, -0.2) is 4.68 Å². The number of likely N-dealkylation sites (tertiary alicyclic amines) is 1. The van der Waals surface area contributed by atoms with Crippen LogP contribution in [0.5, 0.6) is 0 Å². The van der Waals surface area contributed by atoms with Gasteiger partial charge in [-0.2, -0.15) is 0 Å². The van der Waals surface area contributed by atoms with Crippen LogP contribution in [0.4, 0.5) is 0 Å². The molecule has 1 aromatic heterocycles. The molecule has 1 aromatic carbocycles. The monoisotopic (exact) mass is 341 g/mol. The Balaban J connectivity index is 1.61. The van der Waals surface area contributed by atoms with Gasteiger partial charge in [0.2, 0.25) is 5.91 Å². The molecule has 6 nitrogen and oxygen atoms in total. The van der Waals surface area contributed by atoms with Crippen LogP contribution in [-0.4, -0.2) is 56.9 Å². The first-order chi connectivity index (χ1) is 12.2. The lowest BCUT2D eigenvalue weighted by atomic mass is 9.96. The lowest BCUT2D eigenvalue weighted by Gasteiger charge is -2.34. The Labute approximate surface area is 149 Å². The standard InChI is InChI=1S/C19H27N5O/c1-3-23(4-2)19(25)16-9-8-12-22(13-16)14-17-15-24(21-20-17)18-10-6-5-7-11-18/h5-7,10-11,15-16H,3-4,8-9,12-14H2,1-2H3/t16-/m1/s1. The second-order valence-corrected chi connectivity index (χ2v) is 6.57. The van der Waals surface area contributed by atoms with Gasteiger partial charge in [0.25, 0.3) is 0 Å². The highest BCUT2D eigenvalue weighted by Crippen LogP contribution is 2.20. The van der Waals surface area contributed by atoms with Gasteiger partial charge in [0.1, 0.15) is 0 Å². The van der Waals surface area contributed by atoms with E-state index in [9.17, 15) is 4.79 Å². The van der Waals surface area contributed by atoms with Gasteiger partial charge in [0, 0.05) is 26.2 Å². The summed E-state index contributed by atoms with van der Waals surface area (Å²) in [5, 5.41) is 8.53. The van der Waals surface area contributed by atoms with Crippen molar-refractivity contribution in [1.29, 1.82) is 0 Å². The quantitative estimate of drug-likeness (QED) is 0.809. The van der Waals surface area contributed by atoms with Gasteiger partial charge in [-0.3, -0.25) is 9.69 Å². The number of hydrogen-bond acceptors (Lipinski definition) is 4. The van der Waals surface area contributed by atoms with Crippen molar-refractivity contribution in [1.82, 2.24) is 24.8 Å². The first-order valence-electron chi connectivity index (χ1n) is 9.19. The molecule has 25 heavy (non-hydrogen) atoms. The molecule has 0 aliphatic carbocycles. The zero-order valence-electron chi connectivity index (χ0n) is 15.1. The van der Waals surface area contributed by atoms with E-state index in [0.717, 1.165) is 56.9 Å². The van der Waals surface area contributed by atoms with Crippen molar-refractivity contribution in [3.8, 4) is 5.69 Å². The van der Waals surface area contributed by atoms with Crippen molar-refractivity contribution in [2.24, 2.45) is 5.92 Å². The van der Waals surface area contributed by atoms with Gasteiger partial charge in [-0.1, -0.05) is 23.4 Å². The van der Waals surface area contributed by atoms with Crippen LogP contribution in [0.1, 0.15) is 32.4 Å². The lowest BCUT2D eigenvalue weighted by Crippen LogP contribution is -2.44. The molecule has 2 aromatic rings. The number of benzene rings is 1. The van der Waals surface area contributed by atoms with Crippen molar-refractivity contribution in [2.45, 2.75) is 33.2 Å². The van der Waals surface area contributed by atoms with E-state index in [1.54, 1.807) is 4.68 Å². The van der Waals surface area contributed by atoms with Gasteiger partial charge in [-0.15, -0.1) is 5.10 Å². The van der Waals surface area contributed by atoms with E-state index in [-0.39, 0.29) is 5.92 Å². The Hall–Kier alpha value is -2.21. The number of hydrogen-bond donors (Lipinski definition) is 0. The first-order valence-corrected chi connectivity index (χ1v) is 9.19. The number of carbonyl (C=O) groups excluding carboxylic acids is 1. The Bertz CT molecular complexity index is 680. The molecule has 1 aliphatic rings. The van der Waals surface area contributed by atoms with Crippen molar-refractivity contribution in [3.63, 3.8) is 0 Å². The molecular weight excluding hydrogens is 314 g/mol. The molecule has 3 rings (SSSR count). The van der Waals surface area contributed by atoms with Crippen LogP contribution < -0.4 is 0 Å². The number of nitrogens with zero attached hydrogens (tertiary/aromatic N) is 5. The van der Waals surface area contributed by atoms with E-state index in [2.05, 4.69) is 15.2 Å². The normalized spacial score (nSPS) is 18.2. The summed E-state index contributed by atoms with van der Waals surface area (Å²) in [4.78, 5) is 16.9. The summed E-state index contributed by atoms with van der Waals surface area (Å²) in [6.45, 7) is 8.24. The third-order valence-electron chi connectivity index (χ3n) is 4.88. The molecule has 2 heterocycles. The van der Waals surface area contributed by atoms with Gasteiger partial charge in [0.15, 0.2) is 0 Å². The average Bonchev–Trinajstić information content (AvgIpc) is 3.12. The minimum Gasteiger partial charge on any atom is -0.343 e. The van der Waals surface area contributed by atoms with Crippen LogP contribution >= 0.6 is 0 Å². The van der Waals surface area contributed by atoms with Crippen molar-refractivity contribution in [2.75, 3.05) is 26.2 Å². The molecule has 0 saturated carbocycles. The van der Waals surface area contributed by atoms with E-state index >= 15 is 0 Å². The Kier molecular flexibility index (Phi) is 5.81. The molecule has 0 radical (unpaired) electrons. The molecule has 0 N–H and O–H groups in total. The molecule has 0 spiro atoms. The van der Waals surface area contributed by atoms with Crippen LogP contribution in [0.15, 0.2) is 36.5 Å². The molecule has 134 valence electrons. The summed E-state index contributed by atoms with van der Waals surface area (Å²) in [7, 11) is 0. The Morgan fingerprint density at radius 1 is 1.24 bits per heavy atom. The number of para-hydroxylation sites is 1. The van der Waals surface area contributed by atoms with Crippen LogP contribution in [0.2, 0.25) is 0 Å². The Morgan fingerprint density at radius 2 is 2.00 bits per heavy atom. The highest BCUT2D eigenvalue weighted by atomic mass is 16.2. The second kappa shape index (κ2) is 8.25. The van der Waals surface area contributed by atoms with Crippen LogP contribution in [0, 0.1) is 5.92 Å². The zero-order valence-corrected chi connectivity index (χ0v) is 15.1. The maximum absolute atomic E-state index is 12.6. The summed E-state index contributed by atoms with van der Waals surface area (Å²) >= 11 is 0. The number of aromatic nitrogens is 3. The maximum atomic E-state index is 12.6. The fourth-order valence-electron chi connectivity index (χ4n) is 3.50. The number of amides is 1.